The SMILES string of the molecule is Cl.O=S(=O)(CCC1CCC1)N1CCC2CNCC2C1. The van der Waals surface area contributed by atoms with Crippen LogP contribution in [0, 0.1) is 17.8 Å². The van der Waals surface area contributed by atoms with Crippen LogP contribution in [-0.4, -0.2) is 44.7 Å². The lowest BCUT2D eigenvalue weighted by Crippen LogP contribution is -2.44. The number of sulfonamides is 1. The van der Waals surface area contributed by atoms with Crippen LogP contribution in [0.15, 0.2) is 0 Å². The Morgan fingerprint density at radius 2 is 1.84 bits per heavy atom. The van der Waals surface area contributed by atoms with Crippen molar-refractivity contribution in [3.63, 3.8) is 0 Å². The summed E-state index contributed by atoms with van der Waals surface area (Å²) >= 11 is 0. The van der Waals surface area contributed by atoms with Crippen molar-refractivity contribution in [1.82, 2.24) is 9.62 Å². The van der Waals surface area contributed by atoms with E-state index in [-0.39, 0.29) is 12.4 Å². The van der Waals surface area contributed by atoms with Gasteiger partial charge in [-0.25, -0.2) is 12.7 Å². The van der Waals surface area contributed by atoms with Crippen molar-refractivity contribution in [3.05, 3.63) is 0 Å². The van der Waals surface area contributed by atoms with Gasteiger partial charge in [0.2, 0.25) is 10.0 Å². The average molecular weight is 309 g/mol. The van der Waals surface area contributed by atoms with E-state index in [4.69, 9.17) is 0 Å². The highest BCUT2D eigenvalue weighted by atomic mass is 35.5. The predicted octanol–water partition coefficient (Wildman–Crippen LogP) is 1.47. The van der Waals surface area contributed by atoms with E-state index in [1.165, 1.54) is 19.3 Å². The Balaban J connectivity index is 0.00000133. The van der Waals surface area contributed by atoms with Crippen LogP contribution < -0.4 is 5.32 Å². The second-order valence-corrected chi connectivity index (χ2v) is 8.32. The summed E-state index contributed by atoms with van der Waals surface area (Å²) in [6.45, 7) is 3.58. The lowest BCUT2D eigenvalue weighted by molar-refractivity contribution is 0.226. The molecule has 19 heavy (non-hydrogen) atoms. The molecule has 0 bridgehead atoms. The minimum atomic E-state index is -2.99. The largest absolute Gasteiger partial charge is 0.316 e. The van der Waals surface area contributed by atoms with Crippen molar-refractivity contribution >= 4 is 22.4 Å². The van der Waals surface area contributed by atoms with Gasteiger partial charge in [-0.2, -0.15) is 0 Å². The molecule has 2 aliphatic heterocycles. The average Bonchev–Trinajstić information content (AvgIpc) is 2.73. The van der Waals surface area contributed by atoms with Crippen molar-refractivity contribution in [2.45, 2.75) is 32.1 Å². The van der Waals surface area contributed by atoms with Gasteiger partial charge >= 0.3 is 0 Å². The van der Waals surface area contributed by atoms with Gasteiger partial charge in [0.05, 0.1) is 5.75 Å². The molecule has 6 heteroatoms. The Kier molecular flexibility index (Phi) is 5.15. The van der Waals surface area contributed by atoms with Gasteiger partial charge < -0.3 is 5.32 Å². The van der Waals surface area contributed by atoms with Gasteiger partial charge in [0.1, 0.15) is 0 Å². The number of rotatable bonds is 4. The van der Waals surface area contributed by atoms with E-state index in [1.807, 2.05) is 0 Å². The van der Waals surface area contributed by atoms with E-state index in [2.05, 4.69) is 5.32 Å². The van der Waals surface area contributed by atoms with Gasteiger partial charge in [0.15, 0.2) is 0 Å². The molecule has 1 saturated carbocycles. The van der Waals surface area contributed by atoms with Crippen LogP contribution in [0.1, 0.15) is 32.1 Å². The molecule has 1 aliphatic carbocycles. The molecule has 0 aromatic rings. The fourth-order valence-corrected chi connectivity index (χ4v) is 5.17. The molecule has 0 radical (unpaired) electrons. The zero-order valence-electron chi connectivity index (χ0n) is 11.4. The molecule has 0 aromatic carbocycles. The van der Waals surface area contributed by atoms with Gasteiger partial charge in [-0.3, -0.25) is 0 Å². The topological polar surface area (TPSA) is 49.4 Å². The zero-order valence-corrected chi connectivity index (χ0v) is 13.0. The molecule has 2 heterocycles. The summed E-state index contributed by atoms with van der Waals surface area (Å²) in [6, 6.07) is 0. The molecule has 112 valence electrons. The van der Waals surface area contributed by atoms with Crippen molar-refractivity contribution in [1.29, 1.82) is 0 Å². The molecule has 1 N–H and O–H groups in total. The standard InChI is InChI=1S/C13H24N2O2S.ClH/c16-18(17,7-5-11-2-1-3-11)15-6-4-12-8-14-9-13(12)10-15;/h11-14H,1-10H2;1H. The van der Waals surface area contributed by atoms with Crippen LogP contribution >= 0.6 is 12.4 Å². The summed E-state index contributed by atoms with van der Waals surface area (Å²) in [5.74, 6) is 2.33. The van der Waals surface area contributed by atoms with Gasteiger partial charge in [-0.1, -0.05) is 19.3 Å². The first-order valence-electron chi connectivity index (χ1n) is 7.34. The smallest absolute Gasteiger partial charge is 0.214 e. The maximum absolute atomic E-state index is 12.3. The van der Waals surface area contributed by atoms with E-state index in [0.717, 1.165) is 39.0 Å². The Hall–Kier alpha value is 0.160. The van der Waals surface area contributed by atoms with E-state index in [9.17, 15) is 8.42 Å². The molecule has 0 amide bonds. The van der Waals surface area contributed by atoms with Crippen LogP contribution in [-0.2, 0) is 10.0 Å². The van der Waals surface area contributed by atoms with E-state index >= 15 is 0 Å². The number of fused-ring (bicyclic) bond motifs is 1. The van der Waals surface area contributed by atoms with Crippen LogP contribution in [0.5, 0.6) is 0 Å². The summed E-state index contributed by atoms with van der Waals surface area (Å²) < 4.78 is 26.4. The Morgan fingerprint density at radius 1 is 1.11 bits per heavy atom. The van der Waals surface area contributed by atoms with Crippen molar-refractivity contribution in [2.75, 3.05) is 31.9 Å². The Bertz CT molecular complexity index is 397. The maximum Gasteiger partial charge on any atom is 0.214 e. The van der Waals surface area contributed by atoms with Crippen LogP contribution in [0.2, 0.25) is 0 Å². The molecular formula is C13H25ClN2O2S. The molecule has 3 rings (SSSR count). The zero-order chi connectivity index (χ0) is 12.6. The first-order valence-corrected chi connectivity index (χ1v) is 8.94. The molecule has 0 spiro atoms. The third-order valence-electron chi connectivity index (χ3n) is 5.07. The second kappa shape index (κ2) is 6.29. The lowest BCUT2D eigenvalue weighted by atomic mass is 9.84. The summed E-state index contributed by atoms with van der Waals surface area (Å²) in [7, 11) is -2.99. The second-order valence-electron chi connectivity index (χ2n) is 6.23. The van der Waals surface area contributed by atoms with Crippen molar-refractivity contribution in [3.8, 4) is 0 Å². The molecule has 0 aromatic heterocycles. The number of nitrogens with zero attached hydrogens (tertiary/aromatic N) is 1. The third-order valence-corrected chi connectivity index (χ3v) is 6.94. The van der Waals surface area contributed by atoms with Crippen molar-refractivity contribution < 1.29 is 8.42 Å². The lowest BCUT2D eigenvalue weighted by Gasteiger charge is -2.34. The van der Waals surface area contributed by atoms with Gasteiger partial charge in [0, 0.05) is 13.1 Å². The van der Waals surface area contributed by atoms with Gasteiger partial charge in [-0.15, -0.1) is 12.4 Å². The highest BCUT2D eigenvalue weighted by molar-refractivity contribution is 7.89. The monoisotopic (exact) mass is 308 g/mol. The summed E-state index contributed by atoms with van der Waals surface area (Å²) in [5.41, 5.74) is 0. The molecule has 3 fully saturated rings. The third kappa shape index (κ3) is 3.43. The summed E-state index contributed by atoms with van der Waals surface area (Å²) in [5, 5.41) is 3.38. The number of piperidine rings is 1. The molecule has 3 aliphatic rings. The maximum atomic E-state index is 12.3. The normalized spacial score (nSPS) is 32.4. The highest BCUT2D eigenvalue weighted by Crippen LogP contribution is 2.31. The number of halogens is 1. The summed E-state index contributed by atoms with van der Waals surface area (Å²) in [4.78, 5) is 0. The molecule has 4 nitrogen and oxygen atoms in total. The molecule has 2 saturated heterocycles. The minimum absolute atomic E-state index is 0. The van der Waals surface area contributed by atoms with Gasteiger partial charge in [0.25, 0.3) is 0 Å². The van der Waals surface area contributed by atoms with E-state index in [0.29, 0.717) is 23.5 Å². The highest BCUT2D eigenvalue weighted by Gasteiger charge is 2.37. The van der Waals surface area contributed by atoms with E-state index < -0.39 is 10.0 Å². The Labute approximate surface area is 122 Å². The number of nitrogens with one attached hydrogen (secondary N) is 1. The number of hydrogen-bond donors (Lipinski definition) is 1. The first kappa shape index (κ1) is 15.5. The predicted molar refractivity (Wildman–Crippen MR) is 79.0 cm³/mol. The number of hydrogen-bond acceptors (Lipinski definition) is 3. The fraction of sp³-hybridized carbons (Fsp3) is 1.00. The molecular weight excluding hydrogens is 284 g/mol. The van der Waals surface area contributed by atoms with E-state index in [1.54, 1.807) is 4.31 Å². The van der Waals surface area contributed by atoms with Crippen LogP contribution in [0.3, 0.4) is 0 Å². The first-order chi connectivity index (χ1) is 8.65. The molecule has 2 atom stereocenters. The quantitative estimate of drug-likeness (QED) is 0.855. The van der Waals surface area contributed by atoms with Crippen LogP contribution in [0.25, 0.3) is 0 Å². The minimum Gasteiger partial charge on any atom is -0.316 e. The molecule has 2 unspecified atom stereocenters. The fourth-order valence-electron chi connectivity index (χ4n) is 3.48. The Morgan fingerprint density at radius 3 is 2.53 bits per heavy atom. The summed E-state index contributed by atoms with van der Waals surface area (Å²) in [6.07, 6.45) is 5.70. The van der Waals surface area contributed by atoms with Crippen molar-refractivity contribution in [2.24, 2.45) is 17.8 Å². The van der Waals surface area contributed by atoms with Gasteiger partial charge in [-0.05, 0) is 43.7 Å². The van der Waals surface area contributed by atoms with Crippen LogP contribution in [0.4, 0.5) is 0 Å².